The molecule has 0 saturated carbocycles. The van der Waals surface area contributed by atoms with Crippen LogP contribution in [0.4, 0.5) is 5.82 Å². The van der Waals surface area contributed by atoms with Crippen molar-refractivity contribution in [1.82, 2.24) is 19.5 Å². The van der Waals surface area contributed by atoms with E-state index < -0.39 is 37.5 Å². The Morgan fingerprint density at radius 2 is 2.16 bits per heavy atom. The van der Waals surface area contributed by atoms with Gasteiger partial charge in [0.05, 0.1) is 18.3 Å². The van der Waals surface area contributed by atoms with E-state index in [1.807, 2.05) is 0 Å². The van der Waals surface area contributed by atoms with Crippen molar-refractivity contribution in [3.05, 3.63) is 12.7 Å². The summed E-state index contributed by atoms with van der Waals surface area (Å²) in [4.78, 5) is 24.1. The molecular formula is C17H24ClN5O7PS+. The van der Waals surface area contributed by atoms with Crippen molar-refractivity contribution < 1.29 is 33.4 Å². The molecule has 0 aliphatic carbocycles. The average molecular weight is 509 g/mol. The Bertz CT molecular complexity index is 980. The van der Waals surface area contributed by atoms with Crippen molar-refractivity contribution in [1.29, 1.82) is 0 Å². The normalized spacial score (nSPS) is 24.2. The van der Waals surface area contributed by atoms with Crippen molar-refractivity contribution in [2.24, 2.45) is 5.41 Å². The fraction of sp³-hybridized carbons (Fsp3) is 0.647. The number of aromatic nitrogens is 4. The van der Waals surface area contributed by atoms with Crippen molar-refractivity contribution >= 4 is 53.7 Å². The van der Waals surface area contributed by atoms with Crippen LogP contribution < -0.4 is 5.73 Å². The van der Waals surface area contributed by atoms with E-state index in [1.54, 1.807) is 13.8 Å². The minimum Gasteiger partial charge on any atom is -0.395 e. The topological polar surface area (TPSA) is 172 Å². The van der Waals surface area contributed by atoms with Gasteiger partial charge in [-0.15, -0.1) is 20.6 Å². The smallest absolute Gasteiger partial charge is 0.395 e. The van der Waals surface area contributed by atoms with Crippen LogP contribution in [0, 0.1) is 5.41 Å². The molecule has 1 fully saturated rings. The molecule has 1 aliphatic rings. The molecule has 0 aromatic carbocycles. The number of nitrogen functional groups attached to an aromatic ring is 1. The van der Waals surface area contributed by atoms with Gasteiger partial charge in [0, 0.05) is 10.3 Å². The highest BCUT2D eigenvalue weighted by Gasteiger charge is 2.45. The number of carbonyl (C=O) groups is 1. The second kappa shape index (κ2) is 10.7. The van der Waals surface area contributed by atoms with Gasteiger partial charge in [0.2, 0.25) is 0 Å². The summed E-state index contributed by atoms with van der Waals surface area (Å²) in [5.41, 5.74) is 5.71. The zero-order valence-corrected chi connectivity index (χ0v) is 19.8. The molecular weight excluding hydrogens is 485 g/mol. The van der Waals surface area contributed by atoms with Crippen LogP contribution in [0.3, 0.4) is 0 Å². The minimum atomic E-state index is -2.50. The Morgan fingerprint density at radius 1 is 1.41 bits per heavy atom. The summed E-state index contributed by atoms with van der Waals surface area (Å²) < 4.78 is 29.5. The second-order valence-electron chi connectivity index (χ2n) is 7.61. The van der Waals surface area contributed by atoms with Gasteiger partial charge in [0.25, 0.3) is 0 Å². The molecule has 3 rings (SSSR count). The predicted molar refractivity (Wildman–Crippen MR) is 117 cm³/mol. The van der Waals surface area contributed by atoms with Crippen molar-refractivity contribution in [3.8, 4) is 0 Å². The van der Waals surface area contributed by atoms with Gasteiger partial charge in [-0.2, -0.15) is 0 Å². The van der Waals surface area contributed by atoms with Crippen molar-refractivity contribution in [2.45, 2.75) is 37.7 Å². The van der Waals surface area contributed by atoms with Crippen molar-refractivity contribution in [3.63, 3.8) is 0 Å². The Balaban J connectivity index is 1.48. The summed E-state index contributed by atoms with van der Waals surface area (Å²) in [6.45, 7) is 2.77. The van der Waals surface area contributed by atoms with Gasteiger partial charge in [-0.1, -0.05) is 11.8 Å². The lowest BCUT2D eigenvalue weighted by molar-refractivity contribution is -0.119. The molecule has 15 heteroatoms. The van der Waals surface area contributed by atoms with Gasteiger partial charge >= 0.3 is 8.25 Å². The number of alkyl halides is 1. The zero-order valence-electron chi connectivity index (χ0n) is 17.3. The Labute approximate surface area is 193 Å². The lowest BCUT2D eigenvalue weighted by Gasteiger charge is -2.18. The molecule has 0 radical (unpaired) electrons. The number of fused-ring (bicyclic) bond motifs is 1. The van der Waals surface area contributed by atoms with E-state index in [4.69, 9.17) is 31.1 Å². The summed E-state index contributed by atoms with van der Waals surface area (Å²) in [7, 11) is -2.50. The molecule has 1 saturated heterocycles. The Kier molecular flexibility index (Phi) is 8.39. The molecule has 1 aliphatic heterocycles. The largest absolute Gasteiger partial charge is 0.697 e. The van der Waals surface area contributed by atoms with Crippen LogP contribution in [0.1, 0.15) is 20.1 Å². The van der Waals surface area contributed by atoms with Gasteiger partial charge in [0.15, 0.2) is 22.8 Å². The first kappa shape index (κ1) is 25.2. The van der Waals surface area contributed by atoms with E-state index in [0.29, 0.717) is 11.2 Å². The second-order valence-corrected chi connectivity index (χ2v) is 10.1. The molecule has 2 aromatic rings. The van der Waals surface area contributed by atoms with Gasteiger partial charge in [-0.3, -0.25) is 9.36 Å². The van der Waals surface area contributed by atoms with Crippen LogP contribution in [-0.2, 0) is 23.1 Å². The number of hydrogen-bond acceptors (Lipinski definition) is 12. The number of halogens is 1. The van der Waals surface area contributed by atoms with E-state index in [-0.39, 0.29) is 36.5 Å². The molecule has 0 spiro atoms. The highest BCUT2D eigenvalue weighted by Crippen LogP contribution is 2.37. The van der Waals surface area contributed by atoms with Crippen LogP contribution in [0.25, 0.3) is 11.2 Å². The maximum absolute atomic E-state index is 12.0. The van der Waals surface area contributed by atoms with Gasteiger partial charge in [-0.25, -0.2) is 15.0 Å². The molecule has 0 amide bonds. The van der Waals surface area contributed by atoms with Crippen LogP contribution in [-0.4, -0.2) is 78.0 Å². The van der Waals surface area contributed by atoms with E-state index in [9.17, 15) is 19.6 Å². The number of aliphatic hydroxyl groups is 2. The highest BCUT2D eigenvalue weighted by atomic mass is 35.5. The maximum atomic E-state index is 12.0. The maximum Gasteiger partial charge on any atom is 0.697 e. The summed E-state index contributed by atoms with van der Waals surface area (Å²) in [6.07, 6.45) is -0.0787. The fourth-order valence-electron chi connectivity index (χ4n) is 2.80. The molecule has 4 N–H and O–H groups in total. The summed E-state index contributed by atoms with van der Waals surface area (Å²) in [6, 6.07) is 0. The lowest BCUT2D eigenvalue weighted by Crippen LogP contribution is -2.30. The molecule has 3 heterocycles. The summed E-state index contributed by atoms with van der Waals surface area (Å²) >= 11 is 7.32. The monoisotopic (exact) mass is 508 g/mol. The number of imidazole rings is 1. The van der Waals surface area contributed by atoms with E-state index >= 15 is 0 Å². The molecule has 176 valence electrons. The molecule has 5 atom stereocenters. The number of ether oxygens (including phenoxy) is 1. The molecule has 32 heavy (non-hydrogen) atoms. The SMILES string of the molecule is CC(C)(CO)C(=O)SCCO[P+](=O)OCC1OC(n2cnc3c(N)ncnc32)C(Cl)C1O. The van der Waals surface area contributed by atoms with Crippen LogP contribution >= 0.6 is 31.6 Å². The lowest BCUT2D eigenvalue weighted by atomic mass is 9.97. The predicted octanol–water partition coefficient (Wildman–Crippen LogP) is 1.24. The van der Waals surface area contributed by atoms with Gasteiger partial charge in [-0.05, 0) is 13.8 Å². The number of anilines is 1. The third-order valence-electron chi connectivity index (χ3n) is 4.76. The molecule has 0 bridgehead atoms. The number of nitrogens with two attached hydrogens (primary N) is 1. The summed E-state index contributed by atoms with van der Waals surface area (Å²) in [5.74, 6) is 0.451. The van der Waals surface area contributed by atoms with Gasteiger partial charge < -0.3 is 20.7 Å². The first-order valence-corrected chi connectivity index (χ1v) is 12.1. The number of thioether (sulfide) groups is 1. The van der Waals surface area contributed by atoms with Crippen LogP contribution in [0.15, 0.2) is 12.7 Å². The van der Waals surface area contributed by atoms with Crippen LogP contribution in [0.2, 0.25) is 0 Å². The molecule has 5 unspecified atom stereocenters. The number of carbonyl (C=O) groups excluding carboxylic acids is 1. The molecule has 2 aromatic heterocycles. The first-order valence-electron chi connectivity index (χ1n) is 9.57. The van der Waals surface area contributed by atoms with E-state index in [1.165, 1.54) is 17.2 Å². The first-order chi connectivity index (χ1) is 15.2. The Hall–Kier alpha value is -1.44. The minimum absolute atomic E-state index is 0.00407. The number of hydrogen-bond donors (Lipinski definition) is 3. The van der Waals surface area contributed by atoms with Crippen molar-refractivity contribution in [2.75, 3.05) is 31.3 Å². The number of aliphatic hydroxyl groups excluding tert-OH is 2. The molecule has 12 nitrogen and oxygen atoms in total. The standard InChI is InChI=1S/C17H24ClN5O7PS/c1-17(2,6-24)16(26)32-4-3-28-31(27)29-5-9-12(25)10(18)15(30-9)23-8-22-11-13(19)20-7-21-14(11)23/h7-10,12,15,24-25H,3-6H2,1-2H3,(H2,19,20,21)/q+1. The Morgan fingerprint density at radius 3 is 2.88 bits per heavy atom. The quantitative estimate of drug-likeness (QED) is 0.238. The number of rotatable bonds is 10. The van der Waals surface area contributed by atoms with E-state index in [2.05, 4.69) is 15.0 Å². The fourth-order valence-corrected chi connectivity index (χ4v) is 4.66. The van der Waals surface area contributed by atoms with Crippen LogP contribution in [0.5, 0.6) is 0 Å². The number of nitrogens with zero attached hydrogens (tertiary/aromatic N) is 4. The van der Waals surface area contributed by atoms with E-state index in [0.717, 1.165) is 11.8 Å². The van der Waals surface area contributed by atoms with Gasteiger partial charge in [0.1, 0.15) is 42.6 Å². The third-order valence-corrected chi connectivity index (χ3v) is 7.17. The zero-order chi connectivity index (χ0) is 23.5. The highest BCUT2D eigenvalue weighted by molar-refractivity contribution is 8.13. The summed E-state index contributed by atoms with van der Waals surface area (Å²) in [5, 5.41) is 18.5. The average Bonchev–Trinajstić information content (AvgIpc) is 3.32. The third kappa shape index (κ3) is 5.54.